The van der Waals surface area contributed by atoms with E-state index in [1.165, 1.54) is 0 Å². The molecule has 0 radical (unpaired) electrons. The highest BCUT2D eigenvalue weighted by atomic mass is 31.8. The van der Waals surface area contributed by atoms with Crippen molar-refractivity contribution in [3.63, 3.8) is 0 Å². The van der Waals surface area contributed by atoms with Gasteiger partial charge >= 0.3 is 5.97 Å². The first kappa shape index (κ1) is 5.81. The lowest BCUT2D eigenvalue weighted by Crippen LogP contribution is -1.88. The maximum Gasteiger partial charge on any atom is 0.339 e. The lowest BCUT2D eigenvalue weighted by Gasteiger charge is -1.79. The third kappa shape index (κ3) is 1.09. The Morgan fingerprint density at radius 1 is 1.88 bits per heavy atom. The third-order valence-corrected chi connectivity index (χ3v) is 3.34. The highest BCUT2D eigenvalue weighted by Crippen LogP contribution is 2.25. The second-order valence-corrected chi connectivity index (χ2v) is 4.04. The average Bonchev–Trinajstić information content (AvgIpc) is 2.12. The molecule has 42 valence electrons. The predicted molar refractivity (Wildman–Crippen MR) is 35.4 cm³/mol. The second-order valence-electron chi connectivity index (χ2n) is 1.28. The van der Waals surface area contributed by atoms with Gasteiger partial charge in [-0.3, -0.25) is 0 Å². The molecule has 4 heteroatoms. The zero-order valence-electron chi connectivity index (χ0n) is 3.96. The Balaban J connectivity index is 2.93. The van der Waals surface area contributed by atoms with E-state index in [1.807, 2.05) is 5.80 Å². The van der Waals surface area contributed by atoms with Crippen LogP contribution in [-0.2, 0) is 0 Å². The molecule has 0 aliphatic rings. The SMILES string of the molecule is O=C(O)c1ccp[pH]1. The van der Waals surface area contributed by atoms with Crippen molar-refractivity contribution in [3.8, 4) is 0 Å². The molecule has 0 aliphatic carbocycles. The monoisotopic (exact) mass is 146 g/mol. The summed E-state index contributed by atoms with van der Waals surface area (Å²) < 4.78 is 0. The summed E-state index contributed by atoms with van der Waals surface area (Å²) in [5, 5.41) is 8.88. The fourth-order valence-electron chi connectivity index (χ4n) is 0.375. The van der Waals surface area contributed by atoms with Crippen LogP contribution in [0.2, 0.25) is 0 Å². The van der Waals surface area contributed by atoms with E-state index in [0.29, 0.717) is 13.2 Å². The minimum atomic E-state index is -0.774. The molecule has 0 aliphatic heterocycles. The molecule has 0 saturated heterocycles. The second kappa shape index (κ2) is 2.30. The first-order chi connectivity index (χ1) is 3.80. The van der Waals surface area contributed by atoms with Crippen LogP contribution in [-0.4, -0.2) is 11.1 Å². The zero-order chi connectivity index (χ0) is 5.98. The van der Waals surface area contributed by atoms with Gasteiger partial charge in [0.15, 0.2) is 0 Å². The number of carboxylic acid groups (broad SMARTS) is 1. The molecular weight excluding hydrogens is 142 g/mol. The first-order valence-corrected chi connectivity index (χ1v) is 4.84. The molecule has 1 aromatic rings. The maximum atomic E-state index is 10.1. The molecule has 0 spiro atoms. The fraction of sp³-hybridized carbons (Fsp3) is 0. The van der Waals surface area contributed by atoms with Gasteiger partial charge in [0.25, 0.3) is 0 Å². The van der Waals surface area contributed by atoms with E-state index in [-0.39, 0.29) is 0 Å². The predicted octanol–water partition coefficient (Wildman–Crippen LogP) is 2.00. The van der Waals surface area contributed by atoms with Crippen LogP contribution in [0.4, 0.5) is 0 Å². The molecule has 0 fully saturated rings. The van der Waals surface area contributed by atoms with Crippen molar-refractivity contribution in [2.24, 2.45) is 0 Å². The summed E-state index contributed by atoms with van der Waals surface area (Å²) in [6.45, 7) is 0. The Labute approximate surface area is 49.6 Å². The minimum absolute atomic E-state index is 0.458. The number of hydrogen-bond donors (Lipinski definition) is 1. The molecule has 0 saturated carbocycles. The lowest BCUT2D eigenvalue weighted by molar-refractivity contribution is 0.0702. The smallest absolute Gasteiger partial charge is 0.339 e. The fourth-order valence-corrected chi connectivity index (χ4v) is 2.58. The number of carbonyl (C=O) groups is 1. The van der Waals surface area contributed by atoms with Crippen LogP contribution in [0.25, 0.3) is 0 Å². The Morgan fingerprint density at radius 3 is 2.88 bits per heavy atom. The van der Waals surface area contributed by atoms with Crippen molar-refractivity contribution in [2.75, 3.05) is 0 Å². The first-order valence-electron chi connectivity index (χ1n) is 2.03. The highest BCUT2D eigenvalue weighted by Gasteiger charge is 1.98. The summed E-state index contributed by atoms with van der Waals surface area (Å²) in [5.41, 5.74) is 0. The minimum Gasteiger partial charge on any atom is -0.477 e. The lowest BCUT2D eigenvalue weighted by atomic mass is 10.5. The molecule has 1 unspecified atom stereocenters. The molecule has 1 rings (SSSR count). The molecule has 1 atom stereocenters. The van der Waals surface area contributed by atoms with E-state index < -0.39 is 5.97 Å². The van der Waals surface area contributed by atoms with Gasteiger partial charge in [-0.1, -0.05) is 15.7 Å². The molecule has 1 heterocycles. The van der Waals surface area contributed by atoms with Gasteiger partial charge in [0, 0.05) is 0 Å². The van der Waals surface area contributed by atoms with Gasteiger partial charge in [-0.25, -0.2) is 4.79 Å². The van der Waals surface area contributed by atoms with Crippen LogP contribution in [0.15, 0.2) is 11.9 Å². The van der Waals surface area contributed by atoms with Crippen molar-refractivity contribution in [3.05, 3.63) is 17.2 Å². The van der Waals surface area contributed by atoms with Crippen LogP contribution >= 0.6 is 15.7 Å². The Hall–Kier alpha value is -0.320. The average molecular weight is 146 g/mol. The summed E-state index contributed by atoms with van der Waals surface area (Å²) in [6.07, 6.45) is 0. The van der Waals surface area contributed by atoms with Gasteiger partial charge in [-0.2, -0.15) is 0 Å². The van der Waals surface area contributed by atoms with E-state index in [4.69, 9.17) is 5.11 Å². The van der Waals surface area contributed by atoms with Gasteiger partial charge in [0.1, 0.15) is 0 Å². The van der Waals surface area contributed by atoms with E-state index in [1.54, 1.807) is 6.07 Å². The maximum absolute atomic E-state index is 10.1. The molecule has 0 aromatic carbocycles. The largest absolute Gasteiger partial charge is 0.477 e. The number of hydrogen-bond acceptors (Lipinski definition) is 1. The summed E-state index contributed by atoms with van der Waals surface area (Å²) in [7, 11) is 1.58. The van der Waals surface area contributed by atoms with Gasteiger partial charge in [-0.05, 0) is 11.9 Å². The van der Waals surface area contributed by atoms with Gasteiger partial charge < -0.3 is 5.11 Å². The molecule has 0 amide bonds. The Kier molecular flexibility index (Phi) is 1.67. The van der Waals surface area contributed by atoms with E-state index in [0.717, 1.165) is 7.87 Å². The van der Waals surface area contributed by atoms with Crippen molar-refractivity contribution >= 4 is 21.7 Å². The van der Waals surface area contributed by atoms with Crippen molar-refractivity contribution in [1.82, 2.24) is 0 Å². The van der Waals surface area contributed by atoms with Crippen LogP contribution in [0.1, 0.15) is 10.1 Å². The Bertz CT molecular complexity index is 180. The molecule has 1 aromatic heterocycles. The van der Waals surface area contributed by atoms with Crippen molar-refractivity contribution < 1.29 is 9.90 Å². The standard InChI is InChI=1S/C4H4O2P2/c5-4(6)3-1-2-7-8-3/h1-2,8H,(H,5,6). The number of carboxylic acids is 1. The zero-order valence-corrected chi connectivity index (χ0v) is 5.85. The molecule has 2 nitrogen and oxygen atoms in total. The van der Waals surface area contributed by atoms with Crippen LogP contribution < -0.4 is 0 Å². The normalized spacial score (nSPS) is 11.0. The van der Waals surface area contributed by atoms with E-state index >= 15 is 0 Å². The highest BCUT2D eigenvalue weighted by molar-refractivity contribution is 7.90. The van der Waals surface area contributed by atoms with E-state index in [9.17, 15) is 4.79 Å². The van der Waals surface area contributed by atoms with Gasteiger partial charge in [0.2, 0.25) is 0 Å². The van der Waals surface area contributed by atoms with E-state index in [2.05, 4.69) is 0 Å². The number of aromatic carboxylic acids is 1. The third-order valence-electron chi connectivity index (χ3n) is 0.731. The number of rotatable bonds is 1. The topological polar surface area (TPSA) is 37.3 Å². The summed E-state index contributed by atoms with van der Waals surface area (Å²) >= 11 is 0. The molecule has 8 heavy (non-hydrogen) atoms. The Morgan fingerprint density at radius 2 is 2.62 bits per heavy atom. The van der Waals surface area contributed by atoms with Crippen LogP contribution in [0, 0.1) is 0 Å². The van der Waals surface area contributed by atoms with Crippen molar-refractivity contribution in [1.29, 1.82) is 0 Å². The quantitative estimate of drug-likeness (QED) is 0.657. The summed E-state index contributed by atoms with van der Waals surface area (Å²) in [6, 6.07) is 1.67. The van der Waals surface area contributed by atoms with Crippen LogP contribution in [0.3, 0.4) is 0 Å². The molecular formula is C4H4O2P2. The summed E-state index contributed by atoms with van der Waals surface area (Å²) in [5.74, 6) is 1.09. The van der Waals surface area contributed by atoms with Gasteiger partial charge in [-0.15, -0.1) is 0 Å². The van der Waals surface area contributed by atoms with Crippen molar-refractivity contribution in [2.45, 2.75) is 0 Å². The van der Waals surface area contributed by atoms with Crippen LogP contribution in [0.5, 0.6) is 0 Å². The summed E-state index contributed by atoms with van der Waals surface area (Å²) in [4.78, 5) is 10.1. The molecule has 1 N–H and O–H groups in total. The molecule has 0 bridgehead atoms. The van der Waals surface area contributed by atoms with Gasteiger partial charge in [0.05, 0.1) is 5.30 Å².